The van der Waals surface area contributed by atoms with Crippen LogP contribution in [0.25, 0.3) is 0 Å². The molecule has 27 heavy (non-hydrogen) atoms. The van der Waals surface area contributed by atoms with Gasteiger partial charge in [0.2, 0.25) is 5.88 Å². The average molecular weight is 514 g/mol. The first kappa shape index (κ1) is 23.5. The number of aliphatic imine (C=N–C) groups is 1. The van der Waals surface area contributed by atoms with Gasteiger partial charge in [0.25, 0.3) is 0 Å². The Morgan fingerprint density at radius 1 is 1.30 bits per heavy atom. The molecule has 0 saturated heterocycles. The van der Waals surface area contributed by atoms with E-state index in [2.05, 4.69) is 33.6 Å². The molecule has 1 atom stereocenters. The van der Waals surface area contributed by atoms with Crippen molar-refractivity contribution in [2.45, 2.75) is 25.6 Å². The monoisotopic (exact) mass is 514 g/mol. The molecule has 150 valence electrons. The van der Waals surface area contributed by atoms with Gasteiger partial charge in [-0.25, -0.2) is 4.98 Å². The molecule has 0 bridgehead atoms. The topological polar surface area (TPSA) is 58.5 Å². The van der Waals surface area contributed by atoms with Crippen LogP contribution in [-0.2, 0) is 6.54 Å². The Morgan fingerprint density at radius 2 is 2.07 bits per heavy atom. The number of halogens is 4. The number of rotatable bonds is 7. The highest BCUT2D eigenvalue weighted by molar-refractivity contribution is 14.0. The number of ether oxygens (including phenoxy) is 1. The van der Waals surface area contributed by atoms with Crippen LogP contribution in [-0.4, -0.2) is 37.3 Å². The molecule has 2 aromatic rings. The number of nitrogens with one attached hydrogen (secondary N) is 2. The van der Waals surface area contributed by atoms with Crippen molar-refractivity contribution in [2.75, 3.05) is 20.2 Å². The van der Waals surface area contributed by atoms with E-state index >= 15 is 0 Å². The smallest absolute Gasteiger partial charge is 0.422 e. The number of hydrogen-bond donors (Lipinski definition) is 2. The third-order valence-electron chi connectivity index (χ3n) is 3.50. The summed E-state index contributed by atoms with van der Waals surface area (Å²) in [7, 11) is 1.63. The second-order valence-corrected chi connectivity index (χ2v) is 6.57. The second kappa shape index (κ2) is 11.3. The van der Waals surface area contributed by atoms with Crippen molar-refractivity contribution in [3.8, 4) is 5.88 Å². The molecule has 1 unspecified atom stereocenters. The van der Waals surface area contributed by atoms with Crippen LogP contribution >= 0.6 is 35.3 Å². The van der Waals surface area contributed by atoms with Gasteiger partial charge in [-0.3, -0.25) is 4.99 Å². The summed E-state index contributed by atoms with van der Waals surface area (Å²) in [6.45, 7) is 1.66. The van der Waals surface area contributed by atoms with E-state index in [0.29, 0.717) is 24.0 Å². The number of guanidine groups is 1. The summed E-state index contributed by atoms with van der Waals surface area (Å²) in [6, 6.07) is 7.39. The zero-order chi connectivity index (χ0) is 19.0. The van der Waals surface area contributed by atoms with E-state index in [1.54, 1.807) is 30.5 Å². The summed E-state index contributed by atoms with van der Waals surface area (Å²) in [6.07, 6.45) is -3.01. The number of aromatic nitrogens is 1. The van der Waals surface area contributed by atoms with Crippen LogP contribution in [0.15, 0.2) is 40.8 Å². The molecule has 0 spiro atoms. The quantitative estimate of drug-likeness (QED) is 0.331. The third kappa shape index (κ3) is 8.33. The van der Waals surface area contributed by atoms with Gasteiger partial charge in [0, 0.05) is 42.7 Å². The van der Waals surface area contributed by atoms with Gasteiger partial charge < -0.3 is 15.4 Å². The zero-order valence-electron chi connectivity index (χ0n) is 14.9. The van der Waals surface area contributed by atoms with Crippen molar-refractivity contribution >= 4 is 41.3 Å². The summed E-state index contributed by atoms with van der Waals surface area (Å²) >= 11 is 1.69. The normalized spacial score (nSPS) is 12.9. The minimum atomic E-state index is -4.41. The second-order valence-electron chi connectivity index (χ2n) is 5.59. The van der Waals surface area contributed by atoms with Crippen LogP contribution in [0, 0.1) is 0 Å². The minimum Gasteiger partial charge on any atom is -0.468 e. The first-order valence-electron chi connectivity index (χ1n) is 8.00. The standard InChI is InChI=1S/C17H21F3N4OS.HI/c1-12(14-6-4-8-26-14)9-23-16(21-2)24-10-13-5-3-7-22-15(13)25-11-17(18,19)20;/h3-8,12H,9-11H2,1-2H3,(H2,21,23,24);1H. The van der Waals surface area contributed by atoms with Gasteiger partial charge in [0.05, 0.1) is 0 Å². The predicted molar refractivity (Wildman–Crippen MR) is 112 cm³/mol. The van der Waals surface area contributed by atoms with Gasteiger partial charge in [-0.2, -0.15) is 13.2 Å². The molecule has 0 saturated carbocycles. The Balaban J connectivity index is 0.00000364. The first-order chi connectivity index (χ1) is 12.4. The molecule has 0 fully saturated rings. The zero-order valence-corrected chi connectivity index (χ0v) is 18.1. The molecule has 0 radical (unpaired) electrons. The van der Waals surface area contributed by atoms with Crippen molar-refractivity contribution in [2.24, 2.45) is 4.99 Å². The summed E-state index contributed by atoms with van der Waals surface area (Å²) < 4.78 is 41.8. The number of hydrogen-bond acceptors (Lipinski definition) is 4. The maximum atomic E-state index is 12.3. The van der Waals surface area contributed by atoms with Gasteiger partial charge in [0.15, 0.2) is 12.6 Å². The molecule has 0 aromatic carbocycles. The fraction of sp³-hybridized carbons (Fsp3) is 0.412. The average Bonchev–Trinajstić information content (AvgIpc) is 3.14. The van der Waals surface area contributed by atoms with Gasteiger partial charge in [-0.05, 0) is 17.5 Å². The molecule has 2 rings (SSSR count). The van der Waals surface area contributed by atoms with Gasteiger partial charge in [-0.15, -0.1) is 35.3 Å². The van der Waals surface area contributed by atoms with Gasteiger partial charge >= 0.3 is 6.18 Å². The molecule has 2 N–H and O–H groups in total. The Hall–Kier alpha value is -1.56. The number of pyridine rings is 1. The summed E-state index contributed by atoms with van der Waals surface area (Å²) in [5.41, 5.74) is 0.519. The van der Waals surface area contributed by atoms with E-state index in [4.69, 9.17) is 4.74 Å². The van der Waals surface area contributed by atoms with Crippen LogP contribution in [0.1, 0.15) is 23.3 Å². The molecular formula is C17H22F3IN4OS. The van der Waals surface area contributed by atoms with Crippen molar-refractivity contribution in [3.05, 3.63) is 46.3 Å². The largest absolute Gasteiger partial charge is 0.468 e. The van der Waals surface area contributed by atoms with Crippen molar-refractivity contribution in [3.63, 3.8) is 0 Å². The Kier molecular flexibility index (Phi) is 9.84. The van der Waals surface area contributed by atoms with E-state index in [1.165, 1.54) is 11.1 Å². The molecule has 10 heteroatoms. The molecule has 0 aliphatic heterocycles. The Morgan fingerprint density at radius 3 is 2.70 bits per heavy atom. The molecule has 5 nitrogen and oxygen atoms in total. The lowest BCUT2D eigenvalue weighted by Crippen LogP contribution is -2.38. The van der Waals surface area contributed by atoms with E-state index in [-0.39, 0.29) is 36.4 Å². The summed E-state index contributed by atoms with van der Waals surface area (Å²) in [4.78, 5) is 9.27. The number of alkyl halides is 3. The Bertz CT molecular complexity index is 710. The first-order valence-corrected chi connectivity index (χ1v) is 8.88. The SMILES string of the molecule is CN=C(NCc1cccnc1OCC(F)(F)F)NCC(C)c1cccs1.I. The van der Waals surface area contributed by atoms with Gasteiger partial charge in [0.1, 0.15) is 0 Å². The number of thiophene rings is 1. The molecular weight excluding hydrogens is 492 g/mol. The molecule has 0 aliphatic rings. The lowest BCUT2D eigenvalue weighted by atomic mass is 10.1. The van der Waals surface area contributed by atoms with E-state index in [0.717, 1.165) is 0 Å². The van der Waals surface area contributed by atoms with Gasteiger partial charge in [-0.1, -0.05) is 19.1 Å². The molecule has 2 heterocycles. The summed E-state index contributed by atoms with van der Waals surface area (Å²) in [5.74, 6) is 0.830. The van der Waals surface area contributed by atoms with Crippen LogP contribution in [0.3, 0.4) is 0 Å². The van der Waals surface area contributed by atoms with E-state index < -0.39 is 12.8 Å². The molecule has 0 aliphatic carbocycles. The predicted octanol–water partition coefficient (Wildman–Crippen LogP) is 4.17. The van der Waals surface area contributed by atoms with Crippen LogP contribution in [0.5, 0.6) is 5.88 Å². The van der Waals surface area contributed by atoms with E-state index in [9.17, 15) is 13.2 Å². The highest BCUT2D eigenvalue weighted by Crippen LogP contribution is 2.20. The molecule has 2 aromatic heterocycles. The van der Waals surface area contributed by atoms with Crippen LogP contribution in [0.2, 0.25) is 0 Å². The Labute approximate surface area is 177 Å². The van der Waals surface area contributed by atoms with Crippen molar-refractivity contribution in [1.29, 1.82) is 0 Å². The number of nitrogens with zero attached hydrogens (tertiary/aromatic N) is 2. The molecule has 0 amide bonds. The third-order valence-corrected chi connectivity index (χ3v) is 4.60. The lowest BCUT2D eigenvalue weighted by Gasteiger charge is -2.16. The summed E-state index contributed by atoms with van der Waals surface area (Å²) in [5, 5.41) is 8.30. The maximum Gasteiger partial charge on any atom is 0.422 e. The van der Waals surface area contributed by atoms with Crippen molar-refractivity contribution < 1.29 is 17.9 Å². The van der Waals surface area contributed by atoms with Crippen molar-refractivity contribution in [1.82, 2.24) is 15.6 Å². The van der Waals surface area contributed by atoms with Crippen LogP contribution in [0.4, 0.5) is 13.2 Å². The minimum absolute atomic E-state index is 0. The fourth-order valence-corrected chi connectivity index (χ4v) is 2.95. The van der Waals surface area contributed by atoms with E-state index in [1.807, 2.05) is 11.4 Å². The lowest BCUT2D eigenvalue weighted by molar-refractivity contribution is -0.154. The van der Waals surface area contributed by atoms with Crippen LogP contribution < -0.4 is 15.4 Å². The highest BCUT2D eigenvalue weighted by Gasteiger charge is 2.29. The highest BCUT2D eigenvalue weighted by atomic mass is 127. The fourth-order valence-electron chi connectivity index (χ4n) is 2.16. The maximum absolute atomic E-state index is 12.3.